The minimum atomic E-state index is -0.0406. The standard InChI is InChI=1S/C15H21NS/c16-15(10-2-1-3-11-15)12-4-6-13(7-5-12)17-14-8-9-14/h4-7,14H,1-3,8-11,16H2. The van der Waals surface area contributed by atoms with Gasteiger partial charge in [-0.05, 0) is 43.4 Å². The summed E-state index contributed by atoms with van der Waals surface area (Å²) < 4.78 is 0. The number of nitrogens with two attached hydrogens (primary N) is 1. The first-order chi connectivity index (χ1) is 8.26. The van der Waals surface area contributed by atoms with Crippen molar-refractivity contribution in [3.63, 3.8) is 0 Å². The molecule has 0 atom stereocenters. The average molecular weight is 247 g/mol. The third-order valence-corrected chi connectivity index (χ3v) is 5.35. The maximum Gasteiger partial charge on any atom is 0.0409 e. The smallest absolute Gasteiger partial charge is 0.0409 e. The molecule has 0 aromatic heterocycles. The van der Waals surface area contributed by atoms with Crippen molar-refractivity contribution in [1.29, 1.82) is 0 Å². The van der Waals surface area contributed by atoms with Gasteiger partial charge < -0.3 is 5.73 Å². The summed E-state index contributed by atoms with van der Waals surface area (Å²) >= 11 is 2.02. The SMILES string of the molecule is NC1(c2ccc(SC3CC3)cc2)CCCCC1. The number of thioether (sulfide) groups is 1. The fourth-order valence-electron chi connectivity index (χ4n) is 2.72. The van der Waals surface area contributed by atoms with Crippen molar-refractivity contribution >= 4 is 11.8 Å². The highest BCUT2D eigenvalue weighted by Crippen LogP contribution is 2.40. The van der Waals surface area contributed by atoms with Crippen LogP contribution in [0.3, 0.4) is 0 Å². The van der Waals surface area contributed by atoms with Crippen LogP contribution in [0.5, 0.6) is 0 Å². The molecule has 2 fully saturated rings. The van der Waals surface area contributed by atoms with Gasteiger partial charge in [0.1, 0.15) is 0 Å². The lowest BCUT2D eigenvalue weighted by atomic mass is 9.77. The van der Waals surface area contributed by atoms with Crippen LogP contribution in [0.1, 0.15) is 50.5 Å². The lowest BCUT2D eigenvalue weighted by molar-refractivity contribution is 0.302. The minimum Gasteiger partial charge on any atom is -0.321 e. The summed E-state index contributed by atoms with van der Waals surface area (Å²) in [5.74, 6) is 0. The van der Waals surface area contributed by atoms with Gasteiger partial charge in [0.15, 0.2) is 0 Å². The average Bonchev–Trinajstić information content (AvgIpc) is 3.15. The van der Waals surface area contributed by atoms with E-state index in [1.54, 1.807) is 0 Å². The Kier molecular flexibility index (Phi) is 3.18. The van der Waals surface area contributed by atoms with Crippen molar-refractivity contribution in [2.45, 2.75) is 60.6 Å². The van der Waals surface area contributed by atoms with Crippen LogP contribution in [-0.4, -0.2) is 5.25 Å². The second-order valence-electron chi connectivity index (χ2n) is 5.56. The molecule has 17 heavy (non-hydrogen) atoms. The van der Waals surface area contributed by atoms with Crippen LogP contribution in [0, 0.1) is 0 Å². The van der Waals surface area contributed by atoms with E-state index in [1.807, 2.05) is 11.8 Å². The zero-order valence-electron chi connectivity index (χ0n) is 10.3. The quantitative estimate of drug-likeness (QED) is 0.871. The lowest BCUT2D eigenvalue weighted by Crippen LogP contribution is -2.38. The van der Waals surface area contributed by atoms with Crippen LogP contribution >= 0.6 is 11.8 Å². The Morgan fingerprint density at radius 2 is 1.65 bits per heavy atom. The summed E-state index contributed by atoms with van der Waals surface area (Å²) in [7, 11) is 0. The van der Waals surface area contributed by atoms with Crippen LogP contribution in [0.4, 0.5) is 0 Å². The zero-order chi connectivity index (χ0) is 11.7. The topological polar surface area (TPSA) is 26.0 Å². The molecule has 2 saturated carbocycles. The molecule has 92 valence electrons. The molecule has 3 rings (SSSR count). The molecule has 0 heterocycles. The van der Waals surface area contributed by atoms with Gasteiger partial charge in [-0.1, -0.05) is 31.4 Å². The van der Waals surface area contributed by atoms with Crippen LogP contribution in [0.25, 0.3) is 0 Å². The van der Waals surface area contributed by atoms with E-state index < -0.39 is 0 Å². The highest BCUT2D eigenvalue weighted by Gasteiger charge is 2.29. The first-order valence-electron chi connectivity index (χ1n) is 6.82. The normalized spacial score (nSPS) is 23.6. The zero-order valence-corrected chi connectivity index (χ0v) is 11.1. The molecule has 0 saturated heterocycles. The van der Waals surface area contributed by atoms with Crippen LogP contribution < -0.4 is 5.73 Å². The van der Waals surface area contributed by atoms with Crippen molar-refractivity contribution in [2.75, 3.05) is 0 Å². The third kappa shape index (κ3) is 2.69. The highest BCUT2D eigenvalue weighted by molar-refractivity contribution is 8.00. The molecule has 0 aliphatic heterocycles. The number of hydrogen-bond acceptors (Lipinski definition) is 2. The Morgan fingerprint density at radius 1 is 1.00 bits per heavy atom. The van der Waals surface area contributed by atoms with Gasteiger partial charge in [0.05, 0.1) is 0 Å². The molecule has 1 nitrogen and oxygen atoms in total. The monoisotopic (exact) mass is 247 g/mol. The van der Waals surface area contributed by atoms with Crippen molar-refractivity contribution in [3.05, 3.63) is 29.8 Å². The molecular weight excluding hydrogens is 226 g/mol. The number of rotatable bonds is 3. The summed E-state index contributed by atoms with van der Waals surface area (Å²) in [6.45, 7) is 0. The van der Waals surface area contributed by atoms with Gasteiger partial charge >= 0.3 is 0 Å². The molecule has 0 amide bonds. The Morgan fingerprint density at radius 3 is 2.24 bits per heavy atom. The Bertz CT molecular complexity index is 374. The minimum absolute atomic E-state index is 0.0406. The molecule has 0 spiro atoms. The molecule has 2 N–H and O–H groups in total. The molecular formula is C15H21NS. The van der Waals surface area contributed by atoms with E-state index in [0.717, 1.165) is 18.1 Å². The molecule has 1 aromatic carbocycles. The van der Waals surface area contributed by atoms with E-state index in [0.29, 0.717) is 0 Å². The third-order valence-electron chi connectivity index (χ3n) is 4.00. The first-order valence-corrected chi connectivity index (χ1v) is 7.70. The molecule has 2 heteroatoms. The van der Waals surface area contributed by atoms with Gasteiger partial charge in [-0.15, -0.1) is 11.8 Å². The van der Waals surface area contributed by atoms with Crippen molar-refractivity contribution in [3.8, 4) is 0 Å². The van der Waals surface area contributed by atoms with Gasteiger partial charge in [-0.25, -0.2) is 0 Å². The van der Waals surface area contributed by atoms with Gasteiger partial charge in [0, 0.05) is 15.7 Å². The van der Waals surface area contributed by atoms with E-state index in [4.69, 9.17) is 5.73 Å². The maximum atomic E-state index is 6.54. The van der Waals surface area contributed by atoms with Crippen LogP contribution in [-0.2, 0) is 5.54 Å². The summed E-state index contributed by atoms with van der Waals surface area (Å²) in [6.07, 6.45) is 9.03. The molecule has 2 aliphatic carbocycles. The van der Waals surface area contributed by atoms with Gasteiger partial charge in [-0.3, -0.25) is 0 Å². The summed E-state index contributed by atoms with van der Waals surface area (Å²) in [5.41, 5.74) is 7.84. The van der Waals surface area contributed by atoms with E-state index in [9.17, 15) is 0 Å². The van der Waals surface area contributed by atoms with E-state index >= 15 is 0 Å². The van der Waals surface area contributed by atoms with Crippen LogP contribution in [0.15, 0.2) is 29.2 Å². The summed E-state index contributed by atoms with van der Waals surface area (Å²) in [5, 5.41) is 0.891. The van der Waals surface area contributed by atoms with E-state index in [1.165, 1.54) is 42.6 Å². The van der Waals surface area contributed by atoms with Crippen molar-refractivity contribution in [1.82, 2.24) is 0 Å². The van der Waals surface area contributed by atoms with Gasteiger partial charge in [0.2, 0.25) is 0 Å². The lowest BCUT2D eigenvalue weighted by Gasteiger charge is -2.34. The molecule has 2 aliphatic rings. The predicted molar refractivity (Wildman–Crippen MR) is 74.3 cm³/mol. The van der Waals surface area contributed by atoms with Crippen molar-refractivity contribution in [2.24, 2.45) is 5.73 Å². The number of benzene rings is 1. The van der Waals surface area contributed by atoms with Gasteiger partial charge in [0.25, 0.3) is 0 Å². The first kappa shape index (κ1) is 11.6. The second kappa shape index (κ2) is 4.66. The Labute approximate surface area is 108 Å². The fraction of sp³-hybridized carbons (Fsp3) is 0.600. The highest BCUT2D eigenvalue weighted by atomic mass is 32.2. The molecule has 0 unspecified atom stereocenters. The number of hydrogen-bond donors (Lipinski definition) is 1. The second-order valence-corrected chi connectivity index (χ2v) is 6.93. The summed E-state index contributed by atoms with van der Waals surface area (Å²) in [4.78, 5) is 1.41. The summed E-state index contributed by atoms with van der Waals surface area (Å²) in [6, 6.07) is 9.05. The maximum absolute atomic E-state index is 6.54. The predicted octanol–water partition coefficient (Wildman–Crippen LogP) is 4.06. The van der Waals surface area contributed by atoms with Crippen LogP contribution in [0.2, 0.25) is 0 Å². The largest absolute Gasteiger partial charge is 0.321 e. The molecule has 1 aromatic rings. The van der Waals surface area contributed by atoms with E-state index in [2.05, 4.69) is 24.3 Å². The molecule has 0 radical (unpaired) electrons. The Balaban J connectivity index is 1.73. The van der Waals surface area contributed by atoms with E-state index in [-0.39, 0.29) is 5.54 Å². The fourth-order valence-corrected chi connectivity index (χ4v) is 3.77. The van der Waals surface area contributed by atoms with Gasteiger partial charge in [-0.2, -0.15) is 0 Å². The Hall–Kier alpha value is -0.470. The van der Waals surface area contributed by atoms with Crippen molar-refractivity contribution < 1.29 is 0 Å². The molecule has 0 bridgehead atoms.